The van der Waals surface area contributed by atoms with Crippen molar-refractivity contribution in [2.24, 2.45) is 5.73 Å². The Morgan fingerprint density at radius 1 is 1.44 bits per heavy atom. The maximum atomic E-state index is 6.35. The number of hydrogen-bond donors (Lipinski definition) is 1. The largest absolute Gasteiger partial charge is 0.493 e. The van der Waals surface area contributed by atoms with Gasteiger partial charge in [-0.15, -0.1) is 11.3 Å². The second kappa shape index (κ2) is 5.54. The third kappa shape index (κ3) is 2.28. The molecule has 0 saturated carbocycles. The van der Waals surface area contributed by atoms with Crippen LogP contribution in [0.4, 0.5) is 0 Å². The highest BCUT2D eigenvalue weighted by atomic mass is 32.1. The Morgan fingerprint density at radius 2 is 2.22 bits per heavy atom. The molecule has 5 heteroatoms. The molecule has 2 aromatic rings. The first-order valence-electron chi connectivity index (χ1n) is 6.15. The van der Waals surface area contributed by atoms with Crippen LogP contribution in [-0.4, -0.2) is 16.9 Å². The highest BCUT2D eigenvalue weighted by molar-refractivity contribution is 7.12. The van der Waals surface area contributed by atoms with Gasteiger partial charge in [0, 0.05) is 16.3 Å². The van der Waals surface area contributed by atoms with Crippen LogP contribution in [-0.2, 0) is 13.0 Å². The molecular weight excluding hydrogens is 246 g/mol. The topological polar surface area (TPSA) is 53.1 Å². The molecule has 0 bridgehead atoms. The Bertz CT molecular complexity index is 497. The maximum absolute atomic E-state index is 6.35. The molecule has 98 valence electrons. The summed E-state index contributed by atoms with van der Waals surface area (Å²) in [6.45, 7) is 4.99. The van der Waals surface area contributed by atoms with E-state index in [1.54, 1.807) is 24.6 Å². The molecule has 0 spiro atoms. The van der Waals surface area contributed by atoms with Crippen LogP contribution in [0, 0.1) is 0 Å². The van der Waals surface area contributed by atoms with Gasteiger partial charge in [0.25, 0.3) is 0 Å². The predicted octanol–water partition coefficient (Wildman–Crippen LogP) is 2.58. The van der Waals surface area contributed by atoms with Crippen LogP contribution in [0.15, 0.2) is 18.3 Å². The lowest BCUT2D eigenvalue weighted by Crippen LogP contribution is -2.17. The van der Waals surface area contributed by atoms with E-state index >= 15 is 0 Å². The molecule has 2 heterocycles. The van der Waals surface area contributed by atoms with Crippen molar-refractivity contribution in [3.05, 3.63) is 33.8 Å². The summed E-state index contributed by atoms with van der Waals surface area (Å²) >= 11 is 1.76. The molecule has 2 aromatic heterocycles. The van der Waals surface area contributed by atoms with Crippen molar-refractivity contribution in [3.63, 3.8) is 0 Å². The van der Waals surface area contributed by atoms with Crippen LogP contribution in [0.25, 0.3) is 0 Å². The van der Waals surface area contributed by atoms with Crippen LogP contribution >= 0.6 is 11.3 Å². The highest BCUT2D eigenvalue weighted by Gasteiger charge is 2.20. The van der Waals surface area contributed by atoms with Crippen molar-refractivity contribution < 1.29 is 4.74 Å². The van der Waals surface area contributed by atoms with Crippen LogP contribution < -0.4 is 10.5 Å². The summed E-state index contributed by atoms with van der Waals surface area (Å²) in [6, 6.07) is 4.06. The molecule has 18 heavy (non-hydrogen) atoms. The fraction of sp³-hybridized carbons (Fsp3) is 0.462. The Kier molecular flexibility index (Phi) is 4.04. The van der Waals surface area contributed by atoms with Gasteiger partial charge in [-0.3, -0.25) is 4.68 Å². The fourth-order valence-electron chi connectivity index (χ4n) is 1.99. The summed E-state index contributed by atoms with van der Waals surface area (Å²) in [6.07, 6.45) is 2.77. The standard InChI is InChI=1S/C13H19N3OS/c1-4-9-6-7-11(18-9)12(14)13-10(17-3)8-15-16(13)5-2/h6-8,12H,4-5,14H2,1-3H3. The molecule has 4 nitrogen and oxygen atoms in total. The molecule has 0 amide bonds. The number of methoxy groups -OCH3 is 1. The van der Waals surface area contributed by atoms with Crippen molar-refractivity contribution in [1.82, 2.24) is 9.78 Å². The second-order valence-electron chi connectivity index (χ2n) is 4.05. The van der Waals surface area contributed by atoms with E-state index in [9.17, 15) is 0 Å². The van der Waals surface area contributed by atoms with Gasteiger partial charge >= 0.3 is 0 Å². The predicted molar refractivity (Wildman–Crippen MR) is 74.2 cm³/mol. The number of nitrogens with two attached hydrogens (primary N) is 1. The summed E-state index contributed by atoms with van der Waals surface area (Å²) in [4.78, 5) is 2.50. The van der Waals surface area contributed by atoms with Gasteiger partial charge in [0.15, 0.2) is 5.75 Å². The zero-order valence-corrected chi connectivity index (χ0v) is 11.8. The first kappa shape index (κ1) is 13.1. The molecule has 1 unspecified atom stereocenters. The summed E-state index contributed by atoms with van der Waals surface area (Å²) in [7, 11) is 1.65. The Hall–Kier alpha value is -1.33. The maximum Gasteiger partial charge on any atom is 0.161 e. The van der Waals surface area contributed by atoms with E-state index in [4.69, 9.17) is 10.5 Å². The van der Waals surface area contributed by atoms with Crippen molar-refractivity contribution in [3.8, 4) is 5.75 Å². The van der Waals surface area contributed by atoms with Gasteiger partial charge in [0.2, 0.25) is 0 Å². The van der Waals surface area contributed by atoms with Gasteiger partial charge < -0.3 is 10.5 Å². The molecule has 1 atom stereocenters. The number of aryl methyl sites for hydroxylation is 2. The minimum Gasteiger partial charge on any atom is -0.493 e. The lowest BCUT2D eigenvalue weighted by Gasteiger charge is -2.13. The van der Waals surface area contributed by atoms with Crippen molar-refractivity contribution in [2.45, 2.75) is 32.9 Å². The molecule has 0 aromatic carbocycles. The van der Waals surface area contributed by atoms with Gasteiger partial charge in [-0.1, -0.05) is 6.92 Å². The monoisotopic (exact) mass is 265 g/mol. The number of hydrogen-bond acceptors (Lipinski definition) is 4. The molecule has 0 fully saturated rings. The van der Waals surface area contributed by atoms with Crippen LogP contribution in [0.5, 0.6) is 5.75 Å². The fourth-order valence-corrected chi connectivity index (χ4v) is 2.95. The number of aromatic nitrogens is 2. The molecule has 2 rings (SSSR count). The van der Waals surface area contributed by atoms with Crippen molar-refractivity contribution >= 4 is 11.3 Å². The van der Waals surface area contributed by atoms with E-state index in [2.05, 4.69) is 31.1 Å². The highest BCUT2D eigenvalue weighted by Crippen LogP contribution is 2.32. The van der Waals surface area contributed by atoms with Crippen LogP contribution in [0.2, 0.25) is 0 Å². The molecular formula is C13H19N3OS. The summed E-state index contributed by atoms with van der Waals surface area (Å²) < 4.78 is 7.24. The Morgan fingerprint density at radius 3 is 2.78 bits per heavy atom. The Balaban J connectivity index is 2.37. The van der Waals surface area contributed by atoms with E-state index < -0.39 is 0 Å². The third-order valence-electron chi connectivity index (χ3n) is 3.00. The molecule has 0 aliphatic carbocycles. The minimum absolute atomic E-state index is 0.173. The second-order valence-corrected chi connectivity index (χ2v) is 5.25. The quantitative estimate of drug-likeness (QED) is 0.904. The molecule has 2 N–H and O–H groups in total. The average Bonchev–Trinajstić information content (AvgIpc) is 3.03. The Labute approximate surface area is 111 Å². The van der Waals surface area contributed by atoms with Crippen LogP contribution in [0.3, 0.4) is 0 Å². The summed E-state index contributed by atoms with van der Waals surface area (Å²) in [5.74, 6) is 0.760. The number of rotatable bonds is 5. The average molecular weight is 265 g/mol. The minimum atomic E-state index is -0.173. The van der Waals surface area contributed by atoms with Gasteiger partial charge in [0.05, 0.1) is 19.3 Å². The van der Waals surface area contributed by atoms with Crippen LogP contribution in [0.1, 0.15) is 35.3 Å². The van der Waals surface area contributed by atoms with E-state index in [0.717, 1.165) is 29.3 Å². The van der Waals surface area contributed by atoms with Gasteiger partial charge in [-0.25, -0.2) is 0 Å². The smallest absolute Gasteiger partial charge is 0.161 e. The van der Waals surface area contributed by atoms with E-state index in [1.165, 1.54) is 4.88 Å². The van der Waals surface area contributed by atoms with Gasteiger partial charge in [0.1, 0.15) is 5.69 Å². The lowest BCUT2D eigenvalue weighted by atomic mass is 10.1. The van der Waals surface area contributed by atoms with Gasteiger partial charge in [-0.2, -0.15) is 5.10 Å². The normalized spacial score (nSPS) is 12.7. The van der Waals surface area contributed by atoms with Crippen molar-refractivity contribution in [1.29, 1.82) is 0 Å². The summed E-state index contributed by atoms with van der Waals surface area (Å²) in [5, 5.41) is 4.30. The SMILES string of the molecule is CCc1ccc(C(N)c2c(OC)cnn2CC)s1. The van der Waals surface area contributed by atoms with Gasteiger partial charge in [-0.05, 0) is 25.5 Å². The van der Waals surface area contributed by atoms with E-state index in [-0.39, 0.29) is 6.04 Å². The molecule has 0 radical (unpaired) electrons. The molecule has 0 aliphatic heterocycles. The first-order chi connectivity index (χ1) is 8.71. The number of ether oxygens (including phenoxy) is 1. The molecule has 0 saturated heterocycles. The van der Waals surface area contributed by atoms with Crippen molar-refractivity contribution in [2.75, 3.05) is 7.11 Å². The lowest BCUT2D eigenvalue weighted by molar-refractivity contribution is 0.405. The first-order valence-corrected chi connectivity index (χ1v) is 6.96. The third-order valence-corrected chi connectivity index (χ3v) is 4.31. The number of nitrogens with zero attached hydrogens (tertiary/aromatic N) is 2. The summed E-state index contributed by atoms with van der Waals surface area (Å²) in [5.41, 5.74) is 7.30. The zero-order chi connectivity index (χ0) is 13.1. The van der Waals surface area contributed by atoms with E-state index in [1.807, 2.05) is 4.68 Å². The number of thiophene rings is 1. The zero-order valence-electron chi connectivity index (χ0n) is 11.0. The van der Waals surface area contributed by atoms with E-state index in [0.29, 0.717) is 0 Å². The molecule has 0 aliphatic rings.